The van der Waals surface area contributed by atoms with Gasteiger partial charge in [0.05, 0.1) is 12.5 Å². The minimum Gasteiger partial charge on any atom is -0.298 e. The summed E-state index contributed by atoms with van der Waals surface area (Å²) in [4.78, 5) is 10.7. The molecule has 1 aliphatic rings. The highest BCUT2D eigenvalue weighted by Crippen LogP contribution is 2.18. The second kappa shape index (κ2) is 4.42. The summed E-state index contributed by atoms with van der Waals surface area (Å²) < 4.78 is 0. The molecule has 0 atom stereocenters. The lowest BCUT2D eigenvalue weighted by molar-refractivity contribution is -0.104. The monoisotopic (exact) mass is 173 g/mol. The molecule has 0 aliphatic heterocycles. The molecule has 2 nitrogen and oxygen atoms in total. The Bertz CT molecular complexity index is 340. The van der Waals surface area contributed by atoms with Crippen molar-refractivity contribution >= 4 is 6.29 Å². The maximum atomic E-state index is 10.7. The largest absolute Gasteiger partial charge is 0.298 e. The van der Waals surface area contributed by atoms with Gasteiger partial charge in [-0.15, -0.1) is 0 Å². The van der Waals surface area contributed by atoms with Gasteiger partial charge in [0.1, 0.15) is 6.29 Å². The fraction of sp³-hybridized carbons (Fsp3) is 0.273. The average Bonchev–Trinajstić information content (AvgIpc) is 2.30. The van der Waals surface area contributed by atoms with Gasteiger partial charge in [-0.1, -0.05) is 23.8 Å². The molecule has 66 valence electrons. The molecule has 0 saturated heterocycles. The third-order valence-corrected chi connectivity index (χ3v) is 1.98. The summed E-state index contributed by atoms with van der Waals surface area (Å²) >= 11 is 0. The maximum absolute atomic E-state index is 10.7. The van der Waals surface area contributed by atoms with Gasteiger partial charge >= 0.3 is 0 Å². The van der Waals surface area contributed by atoms with Gasteiger partial charge in [0.2, 0.25) is 0 Å². The van der Waals surface area contributed by atoms with Crippen LogP contribution in [0.5, 0.6) is 0 Å². The van der Waals surface area contributed by atoms with Gasteiger partial charge in [-0.05, 0) is 18.9 Å². The van der Waals surface area contributed by atoms with Crippen LogP contribution in [-0.2, 0) is 4.79 Å². The van der Waals surface area contributed by atoms with Crippen molar-refractivity contribution in [3.8, 4) is 6.07 Å². The molecular formula is C11H11NO. The number of allylic oxidation sites excluding steroid dienone is 6. The van der Waals surface area contributed by atoms with Crippen LogP contribution in [-0.4, -0.2) is 6.29 Å². The van der Waals surface area contributed by atoms with E-state index < -0.39 is 0 Å². The second-order valence-corrected chi connectivity index (χ2v) is 3.02. The van der Waals surface area contributed by atoms with Gasteiger partial charge in [0, 0.05) is 5.57 Å². The summed E-state index contributed by atoms with van der Waals surface area (Å²) in [6.07, 6.45) is 7.59. The molecule has 13 heavy (non-hydrogen) atoms. The predicted molar refractivity (Wildman–Crippen MR) is 50.8 cm³/mol. The third-order valence-electron chi connectivity index (χ3n) is 1.98. The van der Waals surface area contributed by atoms with Crippen molar-refractivity contribution in [2.75, 3.05) is 0 Å². The Balaban J connectivity index is 2.98. The molecular weight excluding hydrogens is 162 g/mol. The number of carbonyl (C=O) groups excluding carboxylic acids is 1. The first-order valence-corrected chi connectivity index (χ1v) is 4.17. The average molecular weight is 173 g/mol. The van der Waals surface area contributed by atoms with Crippen LogP contribution in [0.2, 0.25) is 0 Å². The van der Waals surface area contributed by atoms with Crippen molar-refractivity contribution in [2.45, 2.75) is 19.8 Å². The molecule has 0 saturated carbocycles. The molecule has 0 aromatic rings. The van der Waals surface area contributed by atoms with Gasteiger partial charge in [0.25, 0.3) is 0 Å². The van der Waals surface area contributed by atoms with E-state index in [0.29, 0.717) is 12.0 Å². The highest BCUT2D eigenvalue weighted by atomic mass is 16.1. The van der Waals surface area contributed by atoms with Gasteiger partial charge in [-0.25, -0.2) is 0 Å². The number of carbonyl (C=O) groups is 1. The van der Waals surface area contributed by atoms with Gasteiger partial charge in [-0.2, -0.15) is 5.26 Å². The number of nitriles is 1. The van der Waals surface area contributed by atoms with Crippen LogP contribution in [0.1, 0.15) is 19.8 Å². The summed E-state index contributed by atoms with van der Waals surface area (Å²) in [5, 5.41) is 8.53. The van der Waals surface area contributed by atoms with Crippen LogP contribution < -0.4 is 0 Å². The van der Waals surface area contributed by atoms with E-state index in [1.54, 1.807) is 0 Å². The molecule has 2 heteroatoms. The van der Waals surface area contributed by atoms with Crippen LogP contribution in [0.15, 0.2) is 34.9 Å². The van der Waals surface area contributed by atoms with E-state index in [2.05, 4.69) is 0 Å². The number of rotatable bonds is 2. The Kier molecular flexibility index (Phi) is 3.22. The quantitative estimate of drug-likeness (QED) is 0.601. The summed E-state index contributed by atoms with van der Waals surface area (Å²) in [6, 6.07) is 2.05. The Morgan fingerprint density at radius 3 is 3.00 bits per heavy atom. The molecule has 1 rings (SSSR count). The zero-order chi connectivity index (χ0) is 9.68. The first-order chi connectivity index (χ1) is 6.27. The SMILES string of the molecule is CC1=CC=C(CC#N)C(C=O)=CC1. The standard InChI is InChI=1S/C11H11NO/c1-9-2-4-10(6-7-12)11(8-13)5-3-9/h2,4-5,8H,3,6H2,1H3. The number of nitrogens with zero attached hydrogens (tertiary/aromatic N) is 1. The van der Waals surface area contributed by atoms with E-state index in [-0.39, 0.29) is 0 Å². The fourth-order valence-corrected chi connectivity index (χ4v) is 1.18. The first-order valence-electron chi connectivity index (χ1n) is 4.17. The lowest BCUT2D eigenvalue weighted by atomic mass is 10.0. The predicted octanol–water partition coefficient (Wildman–Crippen LogP) is 2.30. The highest BCUT2D eigenvalue weighted by Gasteiger charge is 2.05. The smallest absolute Gasteiger partial charge is 0.150 e. The van der Waals surface area contributed by atoms with E-state index in [0.717, 1.165) is 18.3 Å². The zero-order valence-corrected chi connectivity index (χ0v) is 7.58. The zero-order valence-electron chi connectivity index (χ0n) is 7.58. The summed E-state index contributed by atoms with van der Waals surface area (Å²) in [5.41, 5.74) is 2.66. The summed E-state index contributed by atoms with van der Waals surface area (Å²) in [5.74, 6) is 0. The molecule has 0 bridgehead atoms. The highest BCUT2D eigenvalue weighted by molar-refractivity contribution is 5.81. The van der Waals surface area contributed by atoms with E-state index in [4.69, 9.17) is 5.26 Å². The number of aldehydes is 1. The lowest BCUT2D eigenvalue weighted by Gasteiger charge is -1.98. The minimum absolute atomic E-state index is 0.300. The van der Waals surface area contributed by atoms with Crippen molar-refractivity contribution in [1.29, 1.82) is 5.26 Å². The Morgan fingerprint density at radius 1 is 1.62 bits per heavy atom. The van der Waals surface area contributed by atoms with Crippen molar-refractivity contribution in [3.05, 3.63) is 34.9 Å². The van der Waals surface area contributed by atoms with Gasteiger partial charge in [-0.3, -0.25) is 4.79 Å². The molecule has 0 spiro atoms. The number of hydrogen-bond donors (Lipinski definition) is 0. The maximum Gasteiger partial charge on any atom is 0.150 e. The molecule has 0 unspecified atom stereocenters. The molecule has 1 aliphatic carbocycles. The second-order valence-electron chi connectivity index (χ2n) is 3.02. The molecule has 0 radical (unpaired) electrons. The van der Waals surface area contributed by atoms with E-state index >= 15 is 0 Å². The Labute approximate surface area is 77.9 Å². The van der Waals surface area contributed by atoms with Crippen LogP contribution in [0, 0.1) is 11.3 Å². The fourth-order valence-electron chi connectivity index (χ4n) is 1.18. The van der Waals surface area contributed by atoms with E-state index in [1.807, 2.05) is 31.2 Å². The molecule has 0 aromatic heterocycles. The minimum atomic E-state index is 0.300. The molecule has 0 N–H and O–H groups in total. The van der Waals surface area contributed by atoms with Gasteiger partial charge in [0.15, 0.2) is 0 Å². The molecule has 0 heterocycles. The Hall–Kier alpha value is -1.62. The topological polar surface area (TPSA) is 40.9 Å². The van der Waals surface area contributed by atoms with Crippen LogP contribution >= 0.6 is 0 Å². The van der Waals surface area contributed by atoms with Crippen molar-refractivity contribution in [1.82, 2.24) is 0 Å². The van der Waals surface area contributed by atoms with Crippen LogP contribution in [0.25, 0.3) is 0 Å². The molecule has 0 amide bonds. The van der Waals surface area contributed by atoms with Crippen LogP contribution in [0.4, 0.5) is 0 Å². The molecule has 0 aromatic carbocycles. The first kappa shape index (κ1) is 9.47. The lowest BCUT2D eigenvalue weighted by Crippen LogP contribution is -1.89. The van der Waals surface area contributed by atoms with Crippen molar-refractivity contribution < 1.29 is 4.79 Å². The van der Waals surface area contributed by atoms with E-state index in [1.165, 1.54) is 5.57 Å². The van der Waals surface area contributed by atoms with Gasteiger partial charge < -0.3 is 0 Å². The normalized spacial score (nSPS) is 16.2. The Morgan fingerprint density at radius 2 is 2.38 bits per heavy atom. The summed E-state index contributed by atoms with van der Waals surface area (Å²) in [7, 11) is 0. The van der Waals surface area contributed by atoms with Crippen LogP contribution in [0.3, 0.4) is 0 Å². The third kappa shape index (κ3) is 2.41. The van der Waals surface area contributed by atoms with E-state index in [9.17, 15) is 4.79 Å². The summed E-state index contributed by atoms with van der Waals surface area (Å²) in [6.45, 7) is 2.00. The number of hydrogen-bond acceptors (Lipinski definition) is 2. The molecule has 0 fully saturated rings. The van der Waals surface area contributed by atoms with Crippen molar-refractivity contribution in [3.63, 3.8) is 0 Å². The van der Waals surface area contributed by atoms with Crippen molar-refractivity contribution in [2.24, 2.45) is 0 Å².